The lowest BCUT2D eigenvalue weighted by Gasteiger charge is -2.11. The molecule has 0 unspecified atom stereocenters. The molecule has 0 saturated carbocycles. The minimum Gasteiger partial charge on any atom is -0.493 e. The number of nitrogens with zero attached hydrogens (tertiary/aromatic N) is 2. The molecule has 0 aliphatic heterocycles. The van der Waals surface area contributed by atoms with Crippen LogP contribution in [0, 0.1) is 18.3 Å². The van der Waals surface area contributed by atoms with Gasteiger partial charge in [0, 0.05) is 11.1 Å². The van der Waals surface area contributed by atoms with E-state index in [9.17, 15) is 5.26 Å². The minimum atomic E-state index is 0.466. The van der Waals surface area contributed by atoms with Crippen LogP contribution in [0.15, 0.2) is 53.9 Å². The normalized spacial score (nSPS) is 11.0. The summed E-state index contributed by atoms with van der Waals surface area (Å²) >= 11 is 1.46. The van der Waals surface area contributed by atoms with Gasteiger partial charge in [0.2, 0.25) is 0 Å². The molecule has 1 heterocycles. The number of allylic oxidation sites excluding steroid dienone is 1. The maximum atomic E-state index is 9.43. The molecule has 0 atom stereocenters. The van der Waals surface area contributed by atoms with Crippen molar-refractivity contribution in [1.29, 1.82) is 5.26 Å². The van der Waals surface area contributed by atoms with Gasteiger partial charge in [-0.3, -0.25) is 0 Å². The molecule has 130 valence electrons. The van der Waals surface area contributed by atoms with E-state index in [1.54, 1.807) is 7.11 Å². The highest BCUT2D eigenvalue weighted by atomic mass is 32.1. The molecule has 3 aromatic rings. The monoisotopic (exact) mass is 362 g/mol. The number of aryl methyl sites for hydroxylation is 1. The first-order valence-corrected chi connectivity index (χ1v) is 8.96. The third-order valence-corrected chi connectivity index (χ3v) is 4.70. The maximum Gasteiger partial charge on any atom is 0.161 e. The average molecular weight is 362 g/mol. The summed E-state index contributed by atoms with van der Waals surface area (Å²) in [5.41, 5.74) is 3.39. The van der Waals surface area contributed by atoms with Gasteiger partial charge in [-0.1, -0.05) is 36.4 Å². The van der Waals surface area contributed by atoms with E-state index in [1.807, 2.05) is 66.9 Å². The predicted molar refractivity (Wildman–Crippen MR) is 104 cm³/mol. The van der Waals surface area contributed by atoms with E-state index >= 15 is 0 Å². The van der Waals surface area contributed by atoms with E-state index in [0.29, 0.717) is 28.7 Å². The molecule has 4 nitrogen and oxygen atoms in total. The van der Waals surface area contributed by atoms with Crippen molar-refractivity contribution in [2.45, 2.75) is 13.5 Å². The molecule has 0 aliphatic rings. The Morgan fingerprint density at radius 1 is 1.19 bits per heavy atom. The SMILES string of the molecule is COc1cc(/C=C(/C#N)c2nc(C)cs2)ccc1OCc1ccccc1. The van der Waals surface area contributed by atoms with Crippen molar-refractivity contribution in [2.75, 3.05) is 7.11 Å². The molecule has 2 aromatic carbocycles. The van der Waals surface area contributed by atoms with E-state index in [4.69, 9.17) is 9.47 Å². The second-order valence-corrected chi connectivity index (χ2v) is 6.51. The number of thiazole rings is 1. The Morgan fingerprint density at radius 2 is 2.00 bits per heavy atom. The van der Waals surface area contributed by atoms with Gasteiger partial charge in [0.15, 0.2) is 11.5 Å². The summed E-state index contributed by atoms with van der Waals surface area (Å²) in [7, 11) is 1.60. The largest absolute Gasteiger partial charge is 0.493 e. The highest BCUT2D eigenvalue weighted by Crippen LogP contribution is 2.31. The average Bonchev–Trinajstić information content (AvgIpc) is 3.11. The second-order valence-electron chi connectivity index (χ2n) is 5.65. The molecule has 26 heavy (non-hydrogen) atoms. The van der Waals surface area contributed by atoms with Crippen molar-refractivity contribution >= 4 is 23.0 Å². The molecular formula is C21H18N2O2S. The van der Waals surface area contributed by atoms with Crippen LogP contribution in [0.3, 0.4) is 0 Å². The first-order chi connectivity index (χ1) is 12.7. The summed E-state index contributed by atoms with van der Waals surface area (Å²) in [5, 5.41) is 12.1. The summed E-state index contributed by atoms with van der Waals surface area (Å²) in [6.07, 6.45) is 1.81. The van der Waals surface area contributed by atoms with Gasteiger partial charge >= 0.3 is 0 Å². The third-order valence-electron chi connectivity index (χ3n) is 3.71. The van der Waals surface area contributed by atoms with Crippen molar-refractivity contribution in [2.24, 2.45) is 0 Å². The van der Waals surface area contributed by atoms with Crippen LogP contribution in [0.1, 0.15) is 21.8 Å². The van der Waals surface area contributed by atoms with Gasteiger partial charge in [-0.15, -0.1) is 11.3 Å². The predicted octanol–water partition coefficient (Wildman–Crippen LogP) is 5.10. The number of hydrogen-bond donors (Lipinski definition) is 0. The van der Waals surface area contributed by atoms with E-state index < -0.39 is 0 Å². The van der Waals surface area contributed by atoms with E-state index in [2.05, 4.69) is 11.1 Å². The number of benzene rings is 2. The smallest absolute Gasteiger partial charge is 0.161 e. The van der Waals surface area contributed by atoms with E-state index in [0.717, 1.165) is 16.8 Å². The molecule has 0 fully saturated rings. The van der Waals surface area contributed by atoms with Gasteiger partial charge in [-0.2, -0.15) is 5.26 Å². The van der Waals surface area contributed by atoms with Gasteiger partial charge in [0.1, 0.15) is 17.7 Å². The fourth-order valence-electron chi connectivity index (χ4n) is 2.41. The number of nitriles is 1. The van der Waals surface area contributed by atoms with E-state index in [-0.39, 0.29) is 0 Å². The first kappa shape index (κ1) is 17.7. The van der Waals surface area contributed by atoms with Crippen LogP contribution in [0.25, 0.3) is 11.6 Å². The fraction of sp³-hybridized carbons (Fsp3) is 0.143. The Hall–Kier alpha value is -3.10. The summed E-state index contributed by atoms with van der Waals surface area (Å²) in [6, 6.07) is 17.8. The molecule has 0 amide bonds. The Labute approximate surface area is 157 Å². The van der Waals surface area contributed by atoms with Crippen LogP contribution in [0.4, 0.5) is 0 Å². The quantitative estimate of drug-likeness (QED) is 0.572. The molecule has 0 radical (unpaired) electrons. The second kappa shape index (κ2) is 8.32. The lowest BCUT2D eigenvalue weighted by atomic mass is 10.1. The van der Waals surface area contributed by atoms with Crippen LogP contribution < -0.4 is 9.47 Å². The Bertz CT molecular complexity index is 956. The standard InChI is InChI=1S/C21H18N2O2S/c1-15-14-26-21(23-15)18(12-22)10-17-8-9-19(20(11-17)24-2)25-13-16-6-4-3-5-7-16/h3-11,14H,13H2,1-2H3/b18-10-. The maximum absolute atomic E-state index is 9.43. The molecule has 3 rings (SSSR count). The van der Waals surface area contributed by atoms with Crippen LogP contribution in [-0.2, 0) is 6.61 Å². The van der Waals surface area contributed by atoms with Gasteiger partial charge in [-0.05, 0) is 36.3 Å². The Kier molecular flexibility index (Phi) is 5.67. The molecule has 0 N–H and O–H groups in total. The van der Waals surface area contributed by atoms with Gasteiger partial charge in [0.25, 0.3) is 0 Å². The Balaban J connectivity index is 1.82. The molecular weight excluding hydrogens is 344 g/mol. The molecule has 0 spiro atoms. The molecule has 5 heteroatoms. The van der Waals surface area contributed by atoms with Crippen LogP contribution in [0.2, 0.25) is 0 Å². The molecule has 0 aliphatic carbocycles. The highest BCUT2D eigenvalue weighted by molar-refractivity contribution is 7.11. The van der Waals surface area contributed by atoms with Crippen molar-refractivity contribution in [3.63, 3.8) is 0 Å². The van der Waals surface area contributed by atoms with Crippen molar-refractivity contribution in [1.82, 2.24) is 4.98 Å². The van der Waals surface area contributed by atoms with E-state index in [1.165, 1.54) is 11.3 Å². The van der Waals surface area contributed by atoms with Gasteiger partial charge in [-0.25, -0.2) is 4.98 Å². The number of methoxy groups -OCH3 is 1. The molecule has 0 saturated heterocycles. The van der Waals surface area contributed by atoms with Crippen LogP contribution >= 0.6 is 11.3 Å². The topological polar surface area (TPSA) is 55.1 Å². The minimum absolute atomic E-state index is 0.466. The van der Waals surface area contributed by atoms with Crippen LogP contribution in [0.5, 0.6) is 11.5 Å². The summed E-state index contributed by atoms with van der Waals surface area (Å²) in [5.74, 6) is 1.29. The van der Waals surface area contributed by atoms with Crippen LogP contribution in [-0.4, -0.2) is 12.1 Å². The summed E-state index contributed by atoms with van der Waals surface area (Å²) in [6.45, 7) is 2.38. The highest BCUT2D eigenvalue weighted by Gasteiger charge is 2.09. The zero-order chi connectivity index (χ0) is 18.4. The fourth-order valence-corrected chi connectivity index (χ4v) is 3.18. The van der Waals surface area contributed by atoms with Gasteiger partial charge < -0.3 is 9.47 Å². The lowest BCUT2D eigenvalue weighted by Crippen LogP contribution is -1.97. The Morgan fingerprint density at radius 3 is 2.65 bits per heavy atom. The summed E-state index contributed by atoms with van der Waals surface area (Å²) in [4.78, 5) is 4.37. The van der Waals surface area contributed by atoms with Crippen molar-refractivity contribution in [3.05, 3.63) is 75.7 Å². The molecule has 1 aromatic heterocycles. The van der Waals surface area contributed by atoms with Crippen molar-refractivity contribution in [3.8, 4) is 17.6 Å². The zero-order valence-electron chi connectivity index (χ0n) is 14.6. The third kappa shape index (κ3) is 4.29. The summed E-state index contributed by atoms with van der Waals surface area (Å²) < 4.78 is 11.3. The van der Waals surface area contributed by atoms with Crippen molar-refractivity contribution < 1.29 is 9.47 Å². The number of aromatic nitrogens is 1. The zero-order valence-corrected chi connectivity index (χ0v) is 15.4. The van der Waals surface area contributed by atoms with Gasteiger partial charge in [0.05, 0.1) is 12.7 Å². The molecule has 0 bridgehead atoms. The first-order valence-electron chi connectivity index (χ1n) is 8.08. The number of rotatable bonds is 6. The number of ether oxygens (including phenoxy) is 2. The lowest BCUT2D eigenvalue weighted by molar-refractivity contribution is 0.284. The number of hydrogen-bond acceptors (Lipinski definition) is 5.